The summed E-state index contributed by atoms with van der Waals surface area (Å²) in [6, 6.07) is 22.0. The monoisotopic (exact) mass is 369 g/mol. The molecule has 6 nitrogen and oxygen atoms in total. The fourth-order valence-electron chi connectivity index (χ4n) is 3.01. The van der Waals surface area contributed by atoms with E-state index in [-0.39, 0.29) is 17.2 Å². The minimum atomic E-state index is -0.578. The Labute approximate surface area is 160 Å². The summed E-state index contributed by atoms with van der Waals surface area (Å²) < 4.78 is 5.24. The number of esters is 1. The fraction of sp³-hybridized carbons (Fsp3) is 0.0455. The minimum absolute atomic E-state index is 0.0677. The number of allylic oxidation sites excluding steroid dienone is 1. The molecule has 0 fully saturated rings. The molecule has 0 atom stereocenters. The van der Waals surface area contributed by atoms with Gasteiger partial charge in [0.05, 0.1) is 16.6 Å². The molecule has 0 aliphatic carbocycles. The number of carbonyl (C=O) groups is 1. The lowest BCUT2D eigenvalue weighted by Gasteiger charge is -2.08. The molecule has 0 radical (unpaired) electrons. The highest BCUT2D eigenvalue weighted by atomic mass is 16.5. The maximum atomic E-state index is 12.5. The summed E-state index contributed by atoms with van der Waals surface area (Å²) in [6.45, 7) is -0.429. The lowest BCUT2D eigenvalue weighted by Crippen LogP contribution is -2.09. The van der Waals surface area contributed by atoms with Crippen LogP contribution in [0.25, 0.3) is 27.4 Å². The molecule has 28 heavy (non-hydrogen) atoms. The van der Waals surface area contributed by atoms with Crippen LogP contribution in [0.3, 0.4) is 0 Å². The molecule has 0 saturated heterocycles. The average Bonchev–Trinajstić information content (AvgIpc) is 3.15. The molecule has 1 aromatic heterocycles. The van der Waals surface area contributed by atoms with E-state index in [9.17, 15) is 15.2 Å². The number of aromatic nitrogens is 2. The van der Waals surface area contributed by atoms with Gasteiger partial charge in [-0.3, -0.25) is 0 Å². The van der Waals surface area contributed by atoms with Crippen molar-refractivity contribution >= 4 is 33.3 Å². The second-order valence-electron chi connectivity index (χ2n) is 6.14. The SMILES string of the molecule is N#C/C(=C(/O)COC(=O)c1cccc2ccccc12)c1nc2ccccc2[nH]1. The number of hydrogen-bond donors (Lipinski definition) is 2. The summed E-state index contributed by atoms with van der Waals surface area (Å²) >= 11 is 0. The Morgan fingerprint density at radius 1 is 1.07 bits per heavy atom. The van der Waals surface area contributed by atoms with Crippen LogP contribution in [-0.4, -0.2) is 27.7 Å². The molecule has 2 N–H and O–H groups in total. The number of aliphatic hydroxyl groups excluding tert-OH is 1. The maximum absolute atomic E-state index is 12.5. The number of ether oxygens (including phenoxy) is 1. The van der Waals surface area contributed by atoms with Crippen LogP contribution < -0.4 is 0 Å². The van der Waals surface area contributed by atoms with Crippen LogP contribution in [0.5, 0.6) is 0 Å². The number of imidazole rings is 1. The second-order valence-corrected chi connectivity index (χ2v) is 6.14. The summed E-state index contributed by atoms with van der Waals surface area (Å²) in [4.78, 5) is 19.8. The third-order valence-corrected chi connectivity index (χ3v) is 4.38. The van der Waals surface area contributed by atoms with Gasteiger partial charge < -0.3 is 14.8 Å². The van der Waals surface area contributed by atoms with Crippen LogP contribution in [0.4, 0.5) is 0 Å². The highest BCUT2D eigenvalue weighted by Gasteiger charge is 2.16. The van der Waals surface area contributed by atoms with Gasteiger partial charge in [0.25, 0.3) is 0 Å². The van der Waals surface area contributed by atoms with Gasteiger partial charge in [0.1, 0.15) is 18.2 Å². The molecule has 0 amide bonds. The van der Waals surface area contributed by atoms with Crippen LogP contribution >= 0.6 is 0 Å². The molecule has 0 aliphatic rings. The Morgan fingerprint density at radius 3 is 2.64 bits per heavy atom. The van der Waals surface area contributed by atoms with Crippen molar-refractivity contribution in [3.05, 3.63) is 83.9 Å². The topological polar surface area (TPSA) is 99.0 Å². The lowest BCUT2D eigenvalue weighted by atomic mass is 10.1. The van der Waals surface area contributed by atoms with E-state index in [1.54, 1.807) is 18.2 Å². The third-order valence-electron chi connectivity index (χ3n) is 4.38. The second kappa shape index (κ2) is 7.25. The smallest absolute Gasteiger partial charge is 0.339 e. The van der Waals surface area contributed by atoms with Crippen molar-refractivity contribution in [1.29, 1.82) is 5.26 Å². The molecule has 1 heterocycles. The summed E-state index contributed by atoms with van der Waals surface area (Å²) in [5.41, 5.74) is 1.74. The van der Waals surface area contributed by atoms with Crippen molar-refractivity contribution in [2.45, 2.75) is 0 Å². The van der Waals surface area contributed by atoms with Crippen molar-refractivity contribution in [2.75, 3.05) is 6.61 Å². The zero-order chi connectivity index (χ0) is 19.5. The standard InChI is InChI=1S/C22H15N3O3/c23-12-17(21-24-18-10-3-4-11-19(18)25-21)20(26)13-28-22(27)16-9-5-7-14-6-1-2-8-15(14)16/h1-11,26H,13H2,(H,24,25)/b20-17-. The molecular weight excluding hydrogens is 354 g/mol. The van der Waals surface area contributed by atoms with E-state index in [1.165, 1.54) is 0 Å². The van der Waals surface area contributed by atoms with Crippen LogP contribution in [-0.2, 0) is 4.74 Å². The van der Waals surface area contributed by atoms with Gasteiger partial charge in [-0.2, -0.15) is 5.26 Å². The van der Waals surface area contributed by atoms with E-state index in [4.69, 9.17) is 4.74 Å². The average molecular weight is 369 g/mol. The molecule has 6 heteroatoms. The van der Waals surface area contributed by atoms with Gasteiger partial charge in [0.2, 0.25) is 0 Å². The number of H-pyrrole nitrogens is 1. The molecule has 0 saturated carbocycles. The van der Waals surface area contributed by atoms with Crippen LogP contribution in [0.2, 0.25) is 0 Å². The number of fused-ring (bicyclic) bond motifs is 2. The van der Waals surface area contributed by atoms with E-state index in [0.717, 1.165) is 16.3 Å². The van der Waals surface area contributed by atoms with E-state index < -0.39 is 12.6 Å². The highest BCUT2D eigenvalue weighted by Crippen LogP contribution is 2.21. The number of nitrogens with zero attached hydrogens (tertiary/aromatic N) is 2. The Balaban J connectivity index is 1.58. The lowest BCUT2D eigenvalue weighted by molar-refractivity contribution is 0.0505. The number of nitriles is 1. The van der Waals surface area contributed by atoms with E-state index in [2.05, 4.69) is 9.97 Å². The summed E-state index contributed by atoms with van der Waals surface area (Å²) in [7, 11) is 0. The molecule has 4 rings (SSSR count). The molecule has 136 valence electrons. The number of aromatic amines is 1. The number of aliphatic hydroxyl groups is 1. The molecule has 0 spiro atoms. The zero-order valence-corrected chi connectivity index (χ0v) is 14.7. The first-order chi connectivity index (χ1) is 13.7. The van der Waals surface area contributed by atoms with Crippen molar-refractivity contribution in [3.8, 4) is 6.07 Å². The fourth-order valence-corrected chi connectivity index (χ4v) is 3.01. The van der Waals surface area contributed by atoms with Crippen molar-refractivity contribution in [3.63, 3.8) is 0 Å². The Hall–Kier alpha value is -4.11. The highest BCUT2D eigenvalue weighted by molar-refractivity contribution is 6.04. The van der Waals surface area contributed by atoms with Crippen LogP contribution in [0.15, 0.2) is 72.5 Å². The van der Waals surface area contributed by atoms with Crippen molar-refractivity contribution in [1.82, 2.24) is 9.97 Å². The third kappa shape index (κ3) is 3.17. The quantitative estimate of drug-likeness (QED) is 0.316. The summed E-state index contributed by atoms with van der Waals surface area (Å²) in [6.07, 6.45) is 0. The van der Waals surface area contributed by atoms with E-state index in [0.29, 0.717) is 11.1 Å². The van der Waals surface area contributed by atoms with Gasteiger partial charge in [-0.25, -0.2) is 9.78 Å². The molecular formula is C22H15N3O3. The van der Waals surface area contributed by atoms with Gasteiger partial charge in [-0.1, -0.05) is 48.5 Å². The number of nitrogens with one attached hydrogen (secondary N) is 1. The predicted octanol–water partition coefficient (Wildman–Crippen LogP) is 4.37. The Morgan fingerprint density at radius 2 is 1.82 bits per heavy atom. The van der Waals surface area contributed by atoms with E-state index in [1.807, 2.05) is 54.6 Å². The molecule has 4 aromatic rings. The summed E-state index contributed by atoms with van der Waals surface area (Å²) in [5, 5.41) is 21.4. The number of hydrogen-bond acceptors (Lipinski definition) is 5. The molecule has 0 aliphatic heterocycles. The van der Waals surface area contributed by atoms with E-state index >= 15 is 0 Å². The molecule has 0 unspecified atom stereocenters. The van der Waals surface area contributed by atoms with Gasteiger partial charge >= 0.3 is 5.97 Å². The number of carbonyl (C=O) groups excluding carboxylic acids is 1. The Kier molecular flexibility index (Phi) is 4.48. The number of para-hydroxylation sites is 2. The van der Waals surface area contributed by atoms with Crippen LogP contribution in [0, 0.1) is 11.3 Å². The summed E-state index contributed by atoms with van der Waals surface area (Å²) in [5.74, 6) is -0.720. The number of benzene rings is 3. The van der Waals surface area contributed by atoms with Gasteiger partial charge in [-0.15, -0.1) is 0 Å². The normalized spacial score (nSPS) is 11.8. The first kappa shape index (κ1) is 17.3. The number of rotatable bonds is 4. The molecule has 0 bridgehead atoms. The maximum Gasteiger partial charge on any atom is 0.339 e. The Bertz CT molecular complexity index is 1230. The van der Waals surface area contributed by atoms with Crippen LogP contribution in [0.1, 0.15) is 16.2 Å². The van der Waals surface area contributed by atoms with Gasteiger partial charge in [-0.05, 0) is 29.0 Å². The van der Waals surface area contributed by atoms with Crippen molar-refractivity contribution < 1.29 is 14.6 Å². The van der Waals surface area contributed by atoms with Crippen molar-refractivity contribution in [2.24, 2.45) is 0 Å². The van der Waals surface area contributed by atoms with Gasteiger partial charge in [0.15, 0.2) is 11.6 Å². The minimum Gasteiger partial charge on any atom is -0.507 e. The molecule has 3 aromatic carbocycles. The first-order valence-corrected chi connectivity index (χ1v) is 8.59. The largest absolute Gasteiger partial charge is 0.507 e. The predicted molar refractivity (Wildman–Crippen MR) is 105 cm³/mol. The zero-order valence-electron chi connectivity index (χ0n) is 14.7. The van der Waals surface area contributed by atoms with Gasteiger partial charge in [0, 0.05) is 0 Å². The first-order valence-electron chi connectivity index (χ1n) is 8.59.